The molecule has 124 valence electrons. The molecule has 1 amide bonds. The van der Waals surface area contributed by atoms with Gasteiger partial charge < -0.3 is 0 Å². The standard InChI is InChI=1S/C17H16N2O3S2/c1-2-19-16(20)15(13-9-5-3-6-10-13)23-17(19)18-24(21,22)14-11-7-4-8-12-14/h3-12,15H,2H2,1H3. The number of hydrogen-bond donors (Lipinski definition) is 0. The lowest BCUT2D eigenvalue weighted by atomic mass is 10.1. The Balaban J connectivity index is 1.97. The Labute approximate surface area is 145 Å². The predicted octanol–water partition coefficient (Wildman–Crippen LogP) is 3.07. The zero-order chi connectivity index (χ0) is 17.2. The Morgan fingerprint density at radius 1 is 1.04 bits per heavy atom. The summed E-state index contributed by atoms with van der Waals surface area (Å²) in [5.74, 6) is -0.143. The number of sulfonamides is 1. The lowest BCUT2D eigenvalue weighted by Gasteiger charge is -2.13. The minimum Gasteiger partial charge on any atom is -0.290 e. The average Bonchev–Trinajstić information content (AvgIpc) is 2.91. The molecular weight excluding hydrogens is 344 g/mol. The molecule has 1 fully saturated rings. The summed E-state index contributed by atoms with van der Waals surface area (Å²) in [5, 5.41) is -0.240. The van der Waals surface area contributed by atoms with Crippen LogP contribution in [0.1, 0.15) is 17.7 Å². The Bertz CT molecular complexity index is 865. The largest absolute Gasteiger partial charge is 0.290 e. The number of carbonyl (C=O) groups is 1. The maximum Gasteiger partial charge on any atom is 0.284 e. The zero-order valence-corrected chi connectivity index (χ0v) is 14.6. The molecule has 0 spiro atoms. The predicted molar refractivity (Wildman–Crippen MR) is 95.2 cm³/mol. The number of likely N-dealkylation sites (N-methyl/N-ethyl adjacent to an activating group) is 1. The molecule has 5 nitrogen and oxygen atoms in total. The van der Waals surface area contributed by atoms with Crippen LogP contribution in [0.4, 0.5) is 0 Å². The van der Waals surface area contributed by atoms with Gasteiger partial charge in [0.05, 0.1) is 4.90 Å². The van der Waals surface area contributed by atoms with Crippen LogP contribution >= 0.6 is 11.8 Å². The molecule has 1 atom stereocenters. The van der Waals surface area contributed by atoms with E-state index in [0.717, 1.165) is 5.56 Å². The summed E-state index contributed by atoms with van der Waals surface area (Å²) in [7, 11) is -3.84. The number of nitrogens with zero attached hydrogens (tertiary/aromatic N) is 2. The molecule has 3 rings (SSSR count). The minimum absolute atomic E-state index is 0.116. The Morgan fingerprint density at radius 2 is 1.62 bits per heavy atom. The summed E-state index contributed by atoms with van der Waals surface area (Å²) in [6, 6.07) is 17.3. The van der Waals surface area contributed by atoms with Crippen molar-refractivity contribution < 1.29 is 13.2 Å². The van der Waals surface area contributed by atoms with Gasteiger partial charge in [0.25, 0.3) is 10.0 Å². The van der Waals surface area contributed by atoms with Crippen LogP contribution in [0, 0.1) is 0 Å². The lowest BCUT2D eigenvalue weighted by molar-refractivity contribution is -0.126. The molecule has 1 saturated heterocycles. The number of rotatable bonds is 4. The number of hydrogen-bond acceptors (Lipinski definition) is 4. The Hall–Kier alpha value is -2.12. The van der Waals surface area contributed by atoms with Gasteiger partial charge in [-0.2, -0.15) is 8.42 Å². The van der Waals surface area contributed by atoms with Gasteiger partial charge in [0, 0.05) is 6.54 Å². The van der Waals surface area contributed by atoms with Crippen molar-refractivity contribution in [3.05, 3.63) is 66.2 Å². The van der Waals surface area contributed by atoms with Crippen LogP contribution in [-0.2, 0) is 14.8 Å². The first-order chi connectivity index (χ1) is 11.5. The number of amidine groups is 1. The Kier molecular flexibility index (Phi) is 4.73. The molecule has 1 aliphatic rings. The number of amides is 1. The number of benzene rings is 2. The molecule has 1 heterocycles. The van der Waals surface area contributed by atoms with Gasteiger partial charge in [-0.1, -0.05) is 60.3 Å². The molecule has 0 saturated carbocycles. The molecule has 0 aromatic heterocycles. The van der Waals surface area contributed by atoms with E-state index in [4.69, 9.17) is 0 Å². The monoisotopic (exact) mass is 360 g/mol. The van der Waals surface area contributed by atoms with Gasteiger partial charge >= 0.3 is 0 Å². The summed E-state index contributed by atoms with van der Waals surface area (Å²) in [6.07, 6.45) is 0. The molecule has 2 aromatic rings. The summed E-state index contributed by atoms with van der Waals surface area (Å²) in [6.45, 7) is 2.18. The van der Waals surface area contributed by atoms with Crippen molar-refractivity contribution in [1.82, 2.24) is 4.90 Å². The molecule has 1 aliphatic heterocycles. The number of carbonyl (C=O) groups excluding carboxylic acids is 1. The fourth-order valence-electron chi connectivity index (χ4n) is 2.40. The van der Waals surface area contributed by atoms with E-state index in [1.165, 1.54) is 28.8 Å². The maximum absolute atomic E-state index is 12.6. The van der Waals surface area contributed by atoms with Gasteiger partial charge in [-0.15, -0.1) is 4.40 Å². The van der Waals surface area contributed by atoms with E-state index in [1.807, 2.05) is 30.3 Å². The third kappa shape index (κ3) is 3.22. The van der Waals surface area contributed by atoms with Crippen molar-refractivity contribution in [2.45, 2.75) is 17.1 Å². The van der Waals surface area contributed by atoms with E-state index in [-0.39, 0.29) is 16.0 Å². The van der Waals surface area contributed by atoms with Gasteiger partial charge in [0.2, 0.25) is 5.91 Å². The van der Waals surface area contributed by atoms with Crippen LogP contribution in [0.2, 0.25) is 0 Å². The third-order valence-electron chi connectivity index (χ3n) is 3.60. The molecule has 0 aliphatic carbocycles. The summed E-state index contributed by atoms with van der Waals surface area (Å²) >= 11 is 1.17. The zero-order valence-electron chi connectivity index (χ0n) is 13.0. The highest BCUT2D eigenvalue weighted by Crippen LogP contribution is 2.39. The summed E-state index contributed by atoms with van der Waals surface area (Å²) in [5.41, 5.74) is 0.841. The molecule has 0 N–H and O–H groups in total. The van der Waals surface area contributed by atoms with Crippen LogP contribution in [0.25, 0.3) is 0 Å². The lowest BCUT2D eigenvalue weighted by Crippen LogP contribution is -2.30. The van der Waals surface area contributed by atoms with Crippen molar-refractivity contribution in [3.63, 3.8) is 0 Å². The van der Waals surface area contributed by atoms with Gasteiger partial charge in [-0.25, -0.2) is 0 Å². The topological polar surface area (TPSA) is 66.8 Å². The van der Waals surface area contributed by atoms with Gasteiger partial charge in [0.15, 0.2) is 5.17 Å². The molecule has 7 heteroatoms. The molecule has 0 radical (unpaired) electrons. The second-order valence-electron chi connectivity index (χ2n) is 5.15. The fourth-order valence-corrected chi connectivity index (χ4v) is 4.86. The van der Waals surface area contributed by atoms with Gasteiger partial charge in [-0.05, 0) is 24.6 Å². The quantitative estimate of drug-likeness (QED) is 0.840. The van der Waals surface area contributed by atoms with Crippen LogP contribution in [-0.4, -0.2) is 30.9 Å². The van der Waals surface area contributed by atoms with E-state index in [2.05, 4.69) is 4.40 Å². The van der Waals surface area contributed by atoms with E-state index in [1.54, 1.807) is 25.1 Å². The number of thioether (sulfide) groups is 1. The highest BCUT2D eigenvalue weighted by Gasteiger charge is 2.39. The fraction of sp³-hybridized carbons (Fsp3) is 0.176. The highest BCUT2D eigenvalue weighted by atomic mass is 32.2. The van der Waals surface area contributed by atoms with Gasteiger partial charge in [-0.3, -0.25) is 9.69 Å². The molecular formula is C17H16N2O3S2. The van der Waals surface area contributed by atoms with Crippen molar-refractivity contribution >= 4 is 32.9 Å². The smallest absolute Gasteiger partial charge is 0.284 e. The first-order valence-corrected chi connectivity index (χ1v) is 9.78. The van der Waals surface area contributed by atoms with Crippen LogP contribution in [0.5, 0.6) is 0 Å². The van der Waals surface area contributed by atoms with Crippen molar-refractivity contribution in [1.29, 1.82) is 0 Å². The van der Waals surface area contributed by atoms with Crippen molar-refractivity contribution in [2.75, 3.05) is 6.54 Å². The molecule has 1 unspecified atom stereocenters. The third-order valence-corrected chi connectivity index (χ3v) is 6.23. The normalized spacial score (nSPS) is 19.9. The Morgan fingerprint density at radius 3 is 2.21 bits per heavy atom. The van der Waals surface area contributed by atoms with E-state index in [9.17, 15) is 13.2 Å². The second-order valence-corrected chi connectivity index (χ2v) is 7.83. The van der Waals surface area contributed by atoms with E-state index < -0.39 is 15.3 Å². The SMILES string of the molecule is CCN1C(=O)C(c2ccccc2)SC1=NS(=O)(=O)c1ccccc1. The first kappa shape index (κ1) is 16.7. The highest BCUT2D eigenvalue weighted by molar-refractivity contribution is 8.15. The van der Waals surface area contributed by atoms with E-state index >= 15 is 0 Å². The molecule has 0 bridgehead atoms. The summed E-state index contributed by atoms with van der Waals surface area (Å²) in [4.78, 5) is 14.1. The average molecular weight is 360 g/mol. The molecule has 24 heavy (non-hydrogen) atoms. The summed E-state index contributed by atoms with van der Waals surface area (Å²) < 4.78 is 28.8. The second kappa shape index (κ2) is 6.78. The van der Waals surface area contributed by atoms with E-state index in [0.29, 0.717) is 6.54 Å². The van der Waals surface area contributed by atoms with Gasteiger partial charge in [0.1, 0.15) is 5.25 Å². The van der Waals surface area contributed by atoms with Crippen LogP contribution < -0.4 is 0 Å². The van der Waals surface area contributed by atoms with Crippen molar-refractivity contribution in [3.8, 4) is 0 Å². The van der Waals surface area contributed by atoms with Crippen LogP contribution in [0.3, 0.4) is 0 Å². The maximum atomic E-state index is 12.6. The minimum atomic E-state index is -3.84. The first-order valence-electron chi connectivity index (χ1n) is 7.46. The molecule has 2 aromatic carbocycles. The van der Waals surface area contributed by atoms with Crippen molar-refractivity contribution in [2.24, 2.45) is 4.40 Å². The van der Waals surface area contributed by atoms with Crippen LogP contribution in [0.15, 0.2) is 70.0 Å².